The Morgan fingerprint density at radius 3 is 2.59 bits per heavy atom. The summed E-state index contributed by atoms with van der Waals surface area (Å²) in [5.41, 5.74) is 3.87. The summed E-state index contributed by atoms with van der Waals surface area (Å²) in [6.45, 7) is 2.11. The van der Waals surface area contributed by atoms with E-state index in [9.17, 15) is 9.90 Å². The Balaban J connectivity index is 2.06. The van der Waals surface area contributed by atoms with Crippen LogP contribution in [0.5, 0.6) is 0 Å². The molecular formula is C24H21NO2. The van der Waals surface area contributed by atoms with Crippen molar-refractivity contribution in [2.24, 2.45) is 0 Å². The Morgan fingerprint density at radius 2 is 1.78 bits per heavy atom. The predicted molar refractivity (Wildman–Crippen MR) is 111 cm³/mol. The minimum absolute atomic E-state index is 0.000357. The second kappa shape index (κ2) is 7.12. The van der Waals surface area contributed by atoms with E-state index in [0.717, 1.165) is 28.9 Å². The highest BCUT2D eigenvalue weighted by Gasteiger charge is 2.15. The van der Waals surface area contributed by atoms with Crippen LogP contribution in [0.4, 0.5) is 0 Å². The van der Waals surface area contributed by atoms with Gasteiger partial charge in [-0.25, -0.2) is 0 Å². The highest BCUT2D eigenvalue weighted by atomic mass is 16.4. The highest BCUT2D eigenvalue weighted by Crippen LogP contribution is 2.32. The molecular weight excluding hydrogens is 334 g/mol. The van der Waals surface area contributed by atoms with E-state index in [4.69, 9.17) is 0 Å². The van der Waals surface area contributed by atoms with Crippen LogP contribution in [-0.4, -0.2) is 15.6 Å². The number of hydrogen-bond donors (Lipinski definition) is 1. The van der Waals surface area contributed by atoms with Crippen molar-refractivity contribution >= 4 is 33.7 Å². The van der Waals surface area contributed by atoms with E-state index >= 15 is 0 Å². The monoisotopic (exact) mass is 355 g/mol. The molecule has 3 aromatic carbocycles. The summed E-state index contributed by atoms with van der Waals surface area (Å²) in [7, 11) is 0. The first-order valence-corrected chi connectivity index (χ1v) is 9.19. The molecule has 134 valence electrons. The van der Waals surface area contributed by atoms with Gasteiger partial charge in [0.1, 0.15) is 0 Å². The van der Waals surface area contributed by atoms with Crippen molar-refractivity contribution in [2.75, 3.05) is 0 Å². The first kappa shape index (κ1) is 17.1. The molecule has 4 rings (SSSR count). The minimum atomic E-state index is -0.824. The fourth-order valence-electron chi connectivity index (χ4n) is 3.65. The zero-order valence-corrected chi connectivity index (χ0v) is 15.2. The van der Waals surface area contributed by atoms with Crippen LogP contribution in [0.2, 0.25) is 0 Å². The number of fused-ring (bicyclic) bond motifs is 3. The zero-order valence-electron chi connectivity index (χ0n) is 15.2. The van der Waals surface area contributed by atoms with Gasteiger partial charge in [0.05, 0.1) is 11.9 Å². The van der Waals surface area contributed by atoms with Crippen LogP contribution < -0.4 is 0 Å². The van der Waals surface area contributed by atoms with Gasteiger partial charge in [0.2, 0.25) is 0 Å². The fourth-order valence-corrected chi connectivity index (χ4v) is 3.65. The van der Waals surface area contributed by atoms with Crippen LogP contribution in [0, 0.1) is 0 Å². The van der Waals surface area contributed by atoms with E-state index in [2.05, 4.69) is 60.0 Å². The largest absolute Gasteiger partial charge is 0.481 e. The van der Waals surface area contributed by atoms with Crippen LogP contribution in [0.15, 0.2) is 72.8 Å². The first-order chi connectivity index (χ1) is 13.2. The molecule has 4 aromatic rings. The van der Waals surface area contributed by atoms with Gasteiger partial charge in [0.25, 0.3) is 0 Å². The van der Waals surface area contributed by atoms with Gasteiger partial charge in [-0.15, -0.1) is 0 Å². The lowest BCUT2D eigenvalue weighted by atomic mass is 10.1. The van der Waals surface area contributed by atoms with Crippen LogP contribution in [0.25, 0.3) is 33.4 Å². The van der Waals surface area contributed by atoms with Crippen molar-refractivity contribution < 1.29 is 9.90 Å². The molecule has 0 unspecified atom stereocenters. The quantitative estimate of drug-likeness (QED) is 0.489. The predicted octanol–water partition coefficient (Wildman–Crippen LogP) is 5.83. The summed E-state index contributed by atoms with van der Waals surface area (Å²) in [6, 6.07) is 22.5. The third-order valence-electron chi connectivity index (χ3n) is 4.84. The molecule has 0 radical (unpaired) electrons. The van der Waals surface area contributed by atoms with Gasteiger partial charge in [-0.1, -0.05) is 61.5 Å². The van der Waals surface area contributed by atoms with Gasteiger partial charge < -0.3 is 9.67 Å². The number of allylic oxidation sites excluding steroid dienone is 1. The number of carbonyl (C=O) groups is 1. The number of aliphatic carboxylic acids is 1. The van der Waals surface area contributed by atoms with E-state index in [1.165, 1.54) is 16.2 Å². The van der Waals surface area contributed by atoms with Crippen LogP contribution in [0.3, 0.4) is 0 Å². The average Bonchev–Trinajstić information content (AvgIpc) is 3.05. The lowest BCUT2D eigenvalue weighted by Gasteiger charge is -2.13. The number of para-hydroxylation sites is 1. The van der Waals surface area contributed by atoms with E-state index in [0.29, 0.717) is 0 Å². The molecule has 27 heavy (non-hydrogen) atoms. The van der Waals surface area contributed by atoms with Gasteiger partial charge in [0.15, 0.2) is 0 Å². The number of hydrogen-bond acceptors (Lipinski definition) is 1. The molecule has 0 atom stereocenters. The molecule has 0 amide bonds. The Bertz CT molecular complexity index is 1170. The zero-order chi connectivity index (χ0) is 18.8. The molecule has 1 N–H and O–H groups in total. The van der Waals surface area contributed by atoms with Crippen molar-refractivity contribution in [2.45, 2.75) is 19.8 Å². The van der Waals surface area contributed by atoms with Crippen LogP contribution >= 0.6 is 0 Å². The van der Waals surface area contributed by atoms with Crippen molar-refractivity contribution in [3.63, 3.8) is 0 Å². The number of benzene rings is 3. The molecule has 0 aliphatic heterocycles. The first-order valence-electron chi connectivity index (χ1n) is 9.19. The number of nitrogens with zero attached hydrogens (tertiary/aromatic N) is 1. The number of carboxylic acids is 1. The fraction of sp³-hybridized carbons (Fsp3) is 0.125. The van der Waals surface area contributed by atoms with Gasteiger partial charge in [0, 0.05) is 16.8 Å². The SMILES string of the molecule is CC/C=C/c1cc2c3ccccc3ccc2n1-c1ccccc1CC(=O)O. The highest BCUT2D eigenvalue weighted by molar-refractivity contribution is 6.08. The van der Waals surface area contributed by atoms with Crippen LogP contribution in [-0.2, 0) is 11.2 Å². The summed E-state index contributed by atoms with van der Waals surface area (Å²) in [5.74, 6) is -0.824. The molecule has 0 saturated heterocycles. The summed E-state index contributed by atoms with van der Waals surface area (Å²) < 4.78 is 2.17. The molecule has 0 saturated carbocycles. The van der Waals surface area contributed by atoms with Crippen LogP contribution in [0.1, 0.15) is 24.6 Å². The molecule has 1 heterocycles. The molecule has 0 aliphatic carbocycles. The Hall–Kier alpha value is -3.33. The van der Waals surface area contributed by atoms with Crippen molar-refractivity contribution in [1.29, 1.82) is 0 Å². The summed E-state index contributed by atoms with van der Waals surface area (Å²) in [4.78, 5) is 11.4. The molecule has 0 aliphatic rings. The molecule has 0 bridgehead atoms. The Morgan fingerprint density at radius 1 is 1.00 bits per heavy atom. The molecule has 3 heteroatoms. The second-order valence-corrected chi connectivity index (χ2v) is 6.63. The second-order valence-electron chi connectivity index (χ2n) is 6.63. The van der Waals surface area contributed by atoms with E-state index in [-0.39, 0.29) is 6.42 Å². The number of rotatable bonds is 5. The van der Waals surface area contributed by atoms with Crippen molar-refractivity contribution in [3.05, 3.63) is 84.1 Å². The Kier molecular flexibility index (Phi) is 4.51. The normalized spacial score (nSPS) is 11.6. The standard InChI is InChI=1S/C24H21NO2/c1-2-3-10-19-16-21-20-11-6-4-8-17(20)13-14-23(21)25(19)22-12-7-5-9-18(22)15-24(26)27/h3-14,16H,2,15H2,1H3,(H,26,27)/b10-3+. The van der Waals surface area contributed by atoms with Gasteiger partial charge in [-0.3, -0.25) is 4.79 Å². The number of aromatic nitrogens is 1. The lowest BCUT2D eigenvalue weighted by Crippen LogP contribution is -2.06. The third-order valence-corrected chi connectivity index (χ3v) is 4.84. The van der Waals surface area contributed by atoms with E-state index in [1.807, 2.05) is 30.3 Å². The Labute approximate surface area is 158 Å². The lowest BCUT2D eigenvalue weighted by molar-refractivity contribution is -0.136. The van der Waals surface area contributed by atoms with E-state index < -0.39 is 5.97 Å². The maximum absolute atomic E-state index is 11.4. The van der Waals surface area contributed by atoms with Gasteiger partial charge >= 0.3 is 5.97 Å². The van der Waals surface area contributed by atoms with E-state index in [1.54, 1.807) is 0 Å². The smallest absolute Gasteiger partial charge is 0.307 e. The summed E-state index contributed by atoms with van der Waals surface area (Å²) in [5, 5.41) is 12.9. The molecule has 1 aromatic heterocycles. The minimum Gasteiger partial charge on any atom is -0.481 e. The number of carboxylic acid groups (broad SMARTS) is 1. The average molecular weight is 355 g/mol. The van der Waals surface area contributed by atoms with Crippen molar-refractivity contribution in [1.82, 2.24) is 4.57 Å². The maximum atomic E-state index is 11.4. The summed E-state index contributed by atoms with van der Waals surface area (Å²) in [6.07, 6.45) is 5.19. The molecule has 0 fully saturated rings. The maximum Gasteiger partial charge on any atom is 0.307 e. The molecule has 0 spiro atoms. The van der Waals surface area contributed by atoms with Gasteiger partial charge in [-0.2, -0.15) is 0 Å². The van der Waals surface area contributed by atoms with Gasteiger partial charge in [-0.05, 0) is 47.0 Å². The topological polar surface area (TPSA) is 42.2 Å². The third kappa shape index (κ3) is 3.13. The van der Waals surface area contributed by atoms with Crippen molar-refractivity contribution in [3.8, 4) is 5.69 Å². The molecule has 3 nitrogen and oxygen atoms in total. The summed E-state index contributed by atoms with van der Waals surface area (Å²) >= 11 is 0.